The molecule has 1 rings (SSSR count). The predicted octanol–water partition coefficient (Wildman–Crippen LogP) is 2.29. The SMILES string of the molecule is COc1ccc(C(CNC(=S)NCCNC(=O)OC(C)(C)C)N(C)C)cc1. The molecule has 0 saturated carbocycles. The highest BCUT2D eigenvalue weighted by Gasteiger charge is 2.16. The number of benzene rings is 1. The minimum absolute atomic E-state index is 0.163. The van der Waals surface area contributed by atoms with Gasteiger partial charge in [-0.3, -0.25) is 0 Å². The van der Waals surface area contributed by atoms with E-state index in [0.29, 0.717) is 24.7 Å². The first-order valence-corrected chi connectivity index (χ1v) is 9.32. The Bertz CT molecular complexity index is 600. The van der Waals surface area contributed by atoms with Crippen LogP contribution >= 0.6 is 12.2 Å². The Balaban J connectivity index is 2.37. The van der Waals surface area contributed by atoms with Crippen molar-refractivity contribution in [2.24, 2.45) is 0 Å². The molecule has 1 aromatic rings. The lowest BCUT2D eigenvalue weighted by atomic mass is 10.1. The zero-order valence-electron chi connectivity index (χ0n) is 17.1. The molecule has 1 unspecified atom stereocenters. The number of carbonyl (C=O) groups excluding carboxylic acids is 1. The Morgan fingerprint density at radius 2 is 1.70 bits per heavy atom. The van der Waals surface area contributed by atoms with Crippen LogP contribution in [0, 0.1) is 0 Å². The van der Waals surface area contributed by atoms with Crippen molar-refractivity contribution in [3.63, 3.8) is 0 Å². The number of hydrogen-bond acceptors (Lipinski definition) is 5. The van der Waals surface area contributed by atoms with E-state index in [4.69, 9.17) is 21.7 Å². The van der Waals surface area contributed by atoms with Crippen molar-refractivity contribution >= 4 is 23.4 Å². The molecule has 1 atom stereocenters. The van der Waals surface area contributed by atoms with Crippen LogP contribution < -0.4 is 20.7 Å². The molecule has 0 fully saturated rings. The Labute approximate surface area is 167 Å². The first-order chi connectivity index (χ1) is 12.6. The van der Waals surface area contributed by atoms with Gasteiger partial charge in [-0.25, -0.2) is 4.79 Å². The zero-order valence-corrected chi connectivity index (χ0v) is 17.9. The van der Waals surface area contributed by atoms with Gasteiger partial charge in [0.25, 0.3) is 0 Å². The van der Waals surface area contributed by atoms with Crippen molar-refractivity contribution in [2.75, 3.05) is 40.8 Å². The van der Waals surface area contributed by atoms with Crippen LogP contribution in [0.5, 0.6) is 5.75 Å². The molecule has 27 heavy (non-hydrogen) atoms. The van der Waals surface area contributed by atoms with Gasteiger partial charge in [-0.05, 0) is 64.8 Å². The Kier molecular flexibility index (Phi) is 9.31. The van der Waals surface area contributed by atoms with Crippen molar-refractivity contribution in [2.45, 2.75) is 32.4 Å². The second-order valence-electron chi connectivity index (χ2n) is 7.32. The molecule has 3 N–H and O–H groups in total. The van der Waals surface area contributed by atoms with Crippen LogP contribution in [0.25, 0.3) is 0 Å². The molecule has 0 aliphatic heterocycles. The maximum absolute atomic E-state index is 11.6. The van der Waals surface area contributed by atoms with E-state index < -0.39 is 11.7 Å². The van der Waals surface area contributed by atoms with Crippen LogP contribution in [-0.4, -0.2) is 62.5 Å². The molecule has 0 heterocycles. The second-order valence-corrected chi connectivity index (χ2v) is 7.73. The molecule has 152 valence electrons. The van der Waals surface area contributed by atoms with Gasteiger partial charge < -0.3 is 30.3 Å². The van der Waals surface area contributed by atoms with Gasteiger partial charge in [-0.1, -0.05) is 12.1 Å². The average molecular weight is 397 g/mol. The average Bonchev–Trinajstić information content (AvgIpc) is 2.57. The summed E-state index contributed by atoms with van der Waals surface area (Å²) in [5.41, 5.74) is 0.666. The van der Waals surface area contributed by atoms with E-state index >= 15 is 0 Å². The number of carbonyl (C=O) groups is 1. The highest BCUT2D eigenvalue weighted by atomic mass is 32.1. The number of thiocarbonyl (C=S) groups is 1. The summed E-state index contributed by atoms with van der Waals surface area (Å²) in [6.07, 6.45) is -0.435. The molecule has 1 amide bonds. The molecule has 0 radical (unpaired) electrons. The minimum Gasteiger partial charge on any atom is -0.497 e. The number of methoxy groups -OCH3 is 1. The normalized spacial score (nSPS) is 12.3. The third kappa shape index (κ3) is 9.44. The molecule has 0 saturated heterocycles. The van der Waals surface area contributed by atoms with E-state index in [2.05, 4.69) is 20.9 Å². The highest BCUT2D eigenvalue weighted by Crippen LogP contribution is 2.20. The number of ether oxygens (including phenoxy) is 2. The largest absolute Gasteiger partial charge is 0.497 e. The van der Waals surface area contributed by atoms with Crippen molar-refractivity contribution in [3.8, 4) is 5.75 Å². The Morgan fingerprint density at radius 3 is 2.22 bits per heavy atom. The summed E-state index contributed by atoms with van der Waals surface area (Å²) >= 11 is 5.31. The number of nitrogens with zero attached hydrogens (tertiary/aromatic N) is 1. The highest BCUT2D eigenvalue weighted by molar-refractivity contribution is 7.80. The van der Waals surface area contributed by atoms with Gasteiger partial charge >= 0.3 is 6.09 Å². The van der Waals surface area contributed by atoms with E-state index in [9.17, 15) is 4.79 Å². The van der Waals surface area contributed by atoms with Gasteiger partial charge in [0.05, 0.1) is 13.2 Å². The van der Waals surface area contributed by atoms with E-state index in [1.165, 1.54) is 5.56 Å². The van der Waals surface area contributed by atoms with E-state index in [-0.39, 0.29) is 6.04 Å². The van der Waals surface area contributed by atoms with Crippen molar-refractivity contribution in [1.82, 2.24) is 20.9 Å². The summed E-state index contributed by atoms with van der Waals surface area (Å²) in [5, 5.41) is 9.52. The summed E-state index contributed by atoms with van der Waals surface area (Å²) in [6, 6.07) is 8.16. The van der Waals surface area contributed by atoms with Gasteiger partial charge in [-0.15, -0.1) is 0 Å². The number of amides is 1. The van der Waals surface area contributed by atoms with E-state index in [0.717, 1.165) is 5.75 Å². The maximum Gasteiger partial charge on any atom is 0.407 e. The molecular formula is C19H32N4O3S. The number of likely N-dealkylation sites (N-methyl/N-ethyl adjacent to an activating group) is 1. The van der Waals surface area contributed by atoms with Gasteiger partial charge in [0.2, 0.25) is 0 Å². The third-order valence-corrected chi connectivity index (χ3v) is 3.95. The predicted molar refractivity (Wildman–Crippen MR) is 112 cm³/mol. The van der Waals surface area contributed by atoms with Crippen LogP contribution in [-0.2, 0) is 4.74 Å². The van der Waals surface area contributed by atoms with Crippen LogP contribution in [0.15, 0.2) is 24.3 Å². The fourth-order valence-electron chi connectivity index (χ4n) is 2.33. The summed E-state index contributed by atoms with van der Waals surface area (Å²) in [7, 11) is 5.71. The van der Waals surface area contributed by atoms with Gasteiger partial charge in [0, 0.05) is 19.6 Å². The Hall–Kier alpha value is -2.06. The fraction of sp³-hybridized carbons (Fsp3) is 0.579. The number of alkyl carbamates (subject to hydrolysis) is 1. The summed E-state index contributed by atoms with van der Waals surface area (Å²) in [5.74, 6) is 0.832. The smallest absolute Gasteiger partial charge is 0.407 e. The molecule has 0 aliphatic rings. The topological polar surface area (TPSA) is 74.9 Å². The first-order valence-electron chi connectivity index (χ1n) is 8.91. The molecule has 0 aromatic heterocycles. The van der Waals surface area contributed by atoms with Crippen LogP contribution in [0.1, 0.15) is 32.4 Å². The lowest BCUT2D eigenvalue weighted by molar-refractivity contribution is 0.0529. The van der Waals surface area contributed by atoms with Crippen LogP contribution in [0.2, 0.25) is 0 Å². The van der Waals surface area contributed by atoms with Crippen molar-refractivity contribution < 1.29 is 14.3 Å². The zero-order chi connectivity index (χ0) is 20.4. The third-order valence-electron chi connectivity index (χ3n) is 3.66. The lowest BCUT2D eigenvalue weighted by Gasteiger charge is -2.26. The molecular weight excluding hydrogens is 364 g/mol. The number of hydrogen-bond donors (Lipinski definition) is 3. The second kappa shape index (κ2) is 10.9. The molecule has 0 spiro atoms. The molecule has 1 aromatic carbocycles. The minimum atomic E-state index is -0.503. The van der Waals surface area contributed by atoms with Gasteiger partial charge in [-0.2, -0.15) is 0 Å². The first kappa shape index (κ1) is 23.0. The van der Waals surface area contributed by atoms with Crippen LogP contribution in [0.3, 0.4) is 0 Å². The van der Waals surface area contributed by atoms with E-state index in [1.54, 1.807) is 7.11 Å². The quantitative estimate of drug-likeness (QED) is 0.460. The maximum atomic E-state index is 11.6. The molecule has 0 bridgehead atoms. The van der Waals surface area contributed by atoms with Crippen molar-refractivity contribution in [3.05, 3.63) is 29.8 Å². The van der Waals surface area contributed by atoms with Gasteiger partial charge in [0.1, 0.15) is 11.4 Å². The summed E-state index contributed by atoms with van der Waals surface area (Å²) in [6.45, 7) is 7.08. The van der Waals surface area contributed by atoms with Crippen molar-refractivity contribution in [1.29, 1.82) is 0 Å². The standard InChI is InChI=1S/C19H32N4O3S/c1-19(2,3)26-18(24)21-12-11-20-17(27)22-13-16(23(4)5)14-7-9-15(25-6)10-8-14/h7-10,16H,11-13H2,1-6H3,(H,21,24)(H2,20,22,27). The fourth-order valence-corrected chi connectivity index (χ4v) is 2.52. The molecule has 0 aliphatic carbocycles. The summed E-state index contributed by atoms with van der Waals surface area (Å²) < 4.78 is 10.4. The van der Waals surface area contributed by atoms with E-state index in [1.807, 2.05) is 59.1 Å². The summed E-state index contributed by atoms with van der Waals surface area (Å²) in [4.78, 5) is 13.7. The monoisotopic (exact) mass is 396 g/mol. The number of rotatable bonds is 8. The Morgan fingerprint density at radius 1 is 1.11 bits per heavy atom. The molecule has 7 nitrogen and oxygen atoms in total. The molecule has 8 heteroatoms. The van der Waals surface area contributed by atoms with Gasteiger partial charge in [0.15, 0.2) is 5.11 Å². The lowest BCUT2D eigenvalue weighted by Crippen LogP contribution is -2.43. The number of nitrogens with one attached hydrogen (secondary N) is 3. The van der Waals surface area contributed by atoms with Crippen LogP contribution in [0.4, 0.5) is 4.79 Å².